The lowest BCUT2D eigenvalue weighted by atomic mass is 9.99. The molecule has 1 heterocycles. The molecular weight excluding hydrogens is 268 g/mol. The monoisotopic (exact) mass is 290 g/mol. The first-order valence-electron chi connectivity index (χ1n) is 7.40. The Balaban J connectivity index is 2.36. The van der Waals surface area contributed by atoms with Crippen molar-refractivity contribution in [2.45, 2.75) is 33.1 Å². The van der Waals surface area contributed by atoms with Crippen LogP contribution in [0.5, 0.6) is 5.75 Å². The number of aryl methyl sites for hydroxylation is 1. The van der Waals surface area contributed by atoms with Gasteiger partial charge in [0.15, 0.2) is 0 Å². The second-order valence-corrected chi connectivity index (χ2v) is 5.58. The Labute approximate surface area is 124 Å². The molecule has 4 nitrogen and oxygen atoms in total. The van der Waals surface area contributed by atoms with Crippen LogP contribution in [0.1, 0.15) is 32.3 Å². The van der Waals surface area contributed by atoms with Crippen LogP contribution in [0.3, 0.4) is 0 Å². The molecule has 0 radical (unpaired) electrons. The molecule has 4 heteroatoms. The molecular formula is C17H22O4. The largest absolute Gasteiger partial charge is 0.487 e. The van der Waals surface area contributed by atoms with Crippen LogP contribution >= 0.6 is 0 Å². The second kappa shape index (κ2) is 7.27. The van der Waals surface area contributed by atoms with E-state index in [9.17, 15) is 4.79 Å². The molecule has 21 heavy (non-hydrogen) atoms. The van der Waals surface area contributed by atoms with Gasteiger partial charge in [0.05, 0.1) is 12.0 Å². The van der Waals surface area contributed by atoms with E-state index in [4.69, 9.17) is 14.3 Å². The number of hydrogen-bond acceptors (Lipinski definition) is 4. The molecule has 0 fully saturated rings. The Hall–Kier alpha value is -1.81. The number of aliphatic hydroxyl groups is 1. The molecule has 2 aromatic rings. The molecule has 0 aliphatic carbocycles. The lowest BCUT2D eigenvalue weighted by molar-refractivity contribution is 0.230. The van der Waals surface area contributed by atoms with E-state index < -0.39 is 0 Å². The van der Waals surface area contributed by atoms with Gasteiger partial charge >= 0.3 is 0 Å². The van der Waals surface area contributed by atoms with Gasteiger partial charge in [0.2, 0.25) is 11.2 Å². The smallest absolute Gasteiger partial charge is 0.234 e. The molecule has 0 aliphatic heterocycles. The Morgan fingerprint density at radius 1 is 1.33 bits per heavy atom. The van der Waals surface area contributed by atoms with Crippen LogP contribution in [0.2, 0.25) is 0 Å². The van der Waals surface area contributed by atoms with Gasteiger partial charge in [0.1, 0.15) is 11.8 Å². The summed E-state index contributed by atoms with van der Waals surface area (Å²) < 4.78 is 10.9. The van der Waals surface area contributed by atoms with Gasteiger partial charge in [0.25, 0.3) is 0 Å². The number of ether oxygens (including phenoxy) is 1. The summed E-state index contributed by atoms with van der Waals surface area (Å²) in [4.78, 5) is 12.5. The molecule has 0 amide bonds. The molecule has 2 rings (SSSR count). The average Bonchev–Trinajstić information content (AvgIpc) is 2.47. The predicted molar refractivity (Wildman–Crippen MR) is 82.8 cm³/mol. The van der Waals surface area contributed by atoms with E-state index in [0.29, 0.717) is 29.9 Å². The molecule has 1 aromatic carbocycles. The molecule has 0 spiro atoms. The van der Waals surface area contributed by atoms with Gasteiger partial charge in [0, 0.05) is 13.0 Å². The summed E-state index contributed by atoms with van der Waals surface area (Å²) in [5.41, 5.74) is 1.46. The summed E-state index contributed by atoms with van der Waals surface area (Å²) in [5.74, 6) is 0.796. The zero-order chi connectivity index (χ0) is 15.2. The van der Waals surface area contributed by atoms with E-state index >= 15 is 0 Å². The zero-order valence-electron chi connectivity index (χ0n) is 12.6. The number of aliphatic hydroxyl groups excluding tert-OH is 1. The Bertz CT molecular complexity index is 643. The summed E-state index contributed by atoms with van der Waals surface area (Å²) in [7, 11) is 0. The first kappa shape index (κ1) is 15.6. The van der Waals surface area contributed by atoms with Crippen LogP contribution < -0.4 is 10.2 Å². The number of benzene rings is 1. The SMILES string of the molecule is CC(C)CCc1cccc2occ(OCCCO)c(=O)c12. The van der Waals surface area contributed by atoms with Crippen LogP contribution in [0.4, 0.5) is 0 Å². The minimum Gasteiger partial charge on any atom is -0.487 e. The van der Waals surface area contributed by atoms with Crippen LogP contribution in [-0.2, 0) is 6.42 Å². The van der Waals surface area contributed by atoms with Gasteiger partial charge in [-0.15, -0.1) is 0 Å². The maximum absolute atomic E-state index is 12.5. The Morgan fingerprint density at radius 3 is 2.86 bits per heavy atom. The highest BCUT2D eigenvalue weighted by molar-refractivity contribution is 5.81. The van der Waals surface area contributed by atoms with Crippen molar-refractivity contribution in [3.63, 3.8) is 0 Å². The van der Waals surface area contributed by atoms with Crippen LogP contribution in [0.15, 0.2) is 33.7 Å². The minimum absolute atomic E-state index is 0.0402. The lowest BCUT2D eigenvalue weighted by Crippen LogP contribution is -2.11. The van der Waals surface area contributed by atoms with Gasteiger partial charge in [-0.3, -0.25) is 4.79 Å². The van der Waals surface area contributed by atoms with Gasteiger partial charge in [-0.2, -0.15) is 0 Å². The van der Waals surface area contributed by atoms with Gasteiger partial charge in [-0.25, -0.2) is 0 Å². The highest BCUT2D eigenvalue weighted by Gasteiger charge is 2.12. The third-order valence-electron chi connectivity index (χ3n) is 3.41. The third-order valence-corrected chi connectivity index (χ3v) is 3.41. The standard InChI is InChI=1S/C17H22O4/c1-12(2)7-8-13-5-3-6-14-16(13)17(19)15(11-21-14)20-10-4-9-18/h3,5-6,11-12,18H,4,7-10H2,1-2H3. The number of rotatable bonds is 7. The third kappa shape index (κ3) is 3.85. The Morgan fingerprint density at radius 2 is 2.14 bits per heavy atom. The molecule has 0 saturated heterocycles. The van der Waals surface area contributed by atoms with Gasteiger partial charge in [-0.05, 0) is 30.4 Å². The highest BCUT2D eigenvalue weighted by atomic mass is 16.5. The van der Waals surface area contributed by atoms with Crippen molar-refractivity contribution in [3.05, 3.63) is 40.2 Å². The summed E-state index contributed by atoms with van der Waals surface area (Å²) in [6.45, 7) is 4.67. The van der Waals surface area contributed by atoms with E-state index in [0.717, 1.165) is 18.4 Å². The lowest BCUT2D eigenvalue weighted by Gasteiger charge is -2.09. The van der Waals surface area contributed by atoms with Crippen molar-refractivity contribution in [1.29, 1.82) is 0 Å². The fourth-order valence-corrected chi connectivity index (χ4v) is 2.22. The van der Waals surface area contributed by atoms with Crippen molar-refractivity contribution in [2.24, 2.45) is 5.92 Å². The highest BCUT2D eigenvalue weighted by Crippen LogP contribution is 2.21. The second-order valence-electron chi connectivity index (χ2n) is 5.58. The fourth-order valence-electron chi connectivity index (χ4n) is 2.22. The molecule has 0 atom stereocenters. The van der Waals surface area contributed by atoms with Gasteiger partial charge in [-0.1, -0.05) is 26.0 Å². The fraction of sp³-hybridized carbons (Fsp3) is 0.471. The van der Waals surface area contributed by atoms with Gasteiger partial charge < -0.3 is 14.3 Å². The van der Waals surface area contributed by atoms with Crippen molar-refractivity contribution >= 4 is 11.0 Å². The summed E-state index contributed by atoms with van der Waals surface area (Å²) >= 11 is 0. The van der Waals surface area contributed by atoms with E-state index in [-0.39, 0.29) is 17.8 Å². The minimum atomic E-state index is -0.131. The summed E-state index contributed by atoms with van der Waals surface area (Å²) in [5, 5.41) is 9.38. The van der Waals surface area contributed by atoms with E-state index in [1.807, 2.05) is 12.1 Å². The normalized spacial score (nSPS) is 11.2. The maximum atomic E-state index is 12.5. The molecule has 1 aromatic heterocycles. The van der Waals surface area contributed by atoms with Crippen molar-refractivity contribution in [1.82, 2.24) is 0 Å². The topological polar surface area (TPSA) is 59.7 Å². The van der Waals surface area contributed by atoms with Crippen molar-refractivity contribution in [3.8, 4) is 5.75 Å². The molecule has 0 unspecified atom stereocenters. The quantitative estimate of drug-likeness (QED) is 0.796. The molecule has 0 bridgehead atoms. The maximum Gasteiger partial charge on any atom is 0.234 e. The van der Waals surface area contributed by atoms with E-state index in [1.165, 1.54) is 6.26 Å². The molecule has 0 aliphatic rings. The van der Waals surface area contributed by atoms with Crippen molar-refractivity contribution in [2.75, 3.05) is 13.2 Å². The molecule has 114 valence electrons. The van der Waals surface area contributed by atoms with Crippen molar-refractivity contribution < 1.29 is 14.3 Å². The first-order valence-corrected chi connectivity index (χ1v) is 7.40. The average molecular weight is 290 g/mol. The van der Waals surface area contributed by atoms with Crippen LogP contribution in [0.25, 0.3) is 11.0 Å². The molecule has 0 saturated carbocycles. The Kier molecular flexibility index (Phi) is 5.39. The zero-order valence-corrected chi connectivity index (χ0v) is 12.6. The van der Waals surface area contributed by atoms with Crippen LogP contribution in [-0.4, -0.2) is 18.3 Å². The summed E-state index contributed by atoms with van der Waals surface area (Å²) in [6.07, 6.45) is 3.72. The predicted octanol–water partition coefficient (Wildman–Crippen LogP) is 3.14. The number of hydrogen-bond donors (Lipinski definition) is 1. The number of fused-ring (bicyclic) bond motifs is 1. The summed E-state index contributed by atoms with van der Waals surface area (Å²) in [6, 6.07) is 5.68. The van der Waals surface area contributed by atoms with E-state index in [2.05, 4.69) is 13.8 Å². The van der Waals surface area contributed by atoms with E-state index in [1.54, 1.807) is 6.07 Å². The molecule has 1 N–H and O–H groups in total. The first-order chi connectivity index (χ1) is 10.1. The van der Waals surface area contributed by atoms with Crippen LogP contribution in [0, 0.1) is 5.92 Å².